The van der Waals surface area contributed by atoms with Gasteiger partial charge in [-0.1, -0.05) is 6.92 Å². The fourth-order valence-electron chi connectivity index (χ4n) is 2.36. The summed E-state index contributed by atoms with van der Waals surface area (Å²) >= 11 is 0. The molecule has 0 amide bonds. The predicted octanol–water partition coefficient (Wildman–Crippen LogP) is 0.743. The highest BCUT2D eigenvalue weighted by atomic mass is 32.2. The molecular formula is C12H26N2O2S. The van der Waals surface area contributed by atoms with Gasteiger partial charge in [0.2, 0.25) is 0 Å². The Morgan fingerprint density at radius 1 is 1.29 bits per heavy atom. The van der Waals surface area contributed by atoms with Crippen molar-refractivity contribution in [1.29, 1.82) is 0 Å². The van der Waals surface area contributed by atoms with Gasteiger partial charge in [0.25, 0.3) is 0 Å². The van der Waals surface area contributed by atoms with E-state index in [9.17, 15) is 8.42 Å². The van der Waals surface area contributed by atoms with Crippen molar-refractivity contribution in [2.24, 2.45) is 5.92 Å². The van der Waals surface area contributed by atoms with E-state index in [1.165, 1.54) is 19.1 Å². The molecule has 5 heteroatoms. The van der Waals surface area contributed by atoms with Gasteiger partial charge < -0.3 is 10.2 Å². The van der Waals surface area contributed by atoms with Crippen LogP contribution >= 0.6 is 0 Å². The van der Waals surface area contributed by atoms with Gasteiger partial charge in [-0.05, 0) is 51.4 Å². The molecule has 17 heavy (non-hydrogen) atoms. The Balaban J connectivity index is 2.23. The predicted molar refractivity (Wildman–Crippen MR) is 72.0 cm³/mol. The molecule has 0 spiro atoms. The summed E-state index contributed by atoms with van der Waals surface area (Å²) in [5.41, 5.74) is 0. The third-order valence-electron chi connectivity index (χ3n) is 3.41. The maximum atomic E-state index is 11.1. The Kier molecular flexibility index (Phi) is 6.44. The minimum absolute atomic E-state index is 0.315. The number of hydrogen-bond acceptors (Lipinski definition) is 4. The van der Waals surface area contributed by atoms with Gasteiger partial charge >= 0.3 is 0 Å². The molecule has 0 atom stereocenters. The zero-order valence-corrected chi connectivity index (χ0v) is 11.9. The van der Waals surface area contributed by atoms with E-state index >= 15 is 0 Å². The van der Waals surface area contributed by atoms with Crippen molar-refractivity contribution in [3.8, 4) is 0 Å². The summed E-state index contributed by atoms with van der Waals surface area (Å²) in [6, 6.07) is 0. The highest BCUT2D eigenvalue weighted by Gasteiger charge is 2.16. The van der Waals surface area contributed by atoms with Gasteiger partial charge in [0, 0.05) is 12.8 Å². The Labute approximate surface area is 106 Å². The van der Waals surface area contributed by atoms with E-state index in [2.05, 4.69) is 17.1 Å². The summed E-state index contributed by atoms with van der Waals surface area (Å²) in [5.74, 6) is 1.10. The lowest BCUT2D eigenvalue weighted by Gasteiger charge is -2.29. The maximum Gasteiger partial charge on any atom is 0.147 e. The van der Waals surface area contributed by atoms with E-state index in [1.54, 1.807) is 0 Å². The third kappa shape index (κ3) is 7.01. The van der Waals surface area contributed by atoms with Crippen LogP contribution in [0.3, 0.4) is 0 Å². The standard InChI is InChI=1S/C12H26N2O2S/c1-3-14(9-4-10-17(2,15)16)11-12-5-7-13-8-6-12/h12-13H,3-11H2,1-2H3. The molecule has 0 radical (unpaired) electrons. The number of hydrogen-bond donors (Lipinski definition) is 1. The number of nitrogens with one attached hydrogen (secondary N) is 1. The molecule has 1 N–H and O–H groups in total. The normalized spacial score (nSPS) is 18.8. The van der Waals surface area contributed by atoms with E-state index < -0.39 is 9.84 Å². The van der Waals surface area contributed by atoms with Gasteiger partial charge in [-0.15, -0.1) is 0 Å². The van der Waals surface area contributed by atoms with Crippen LogP contribution in [0.1, 0.15) is 26.2 Å². The van der Waals surface area contributed by atoms with Crippen LogP contribution in [0.15, 0.2) is 0 Å². The van der Waals surface area contributed by atoms with Crippen LogP contribution in [0.5, 0.6) is 0 Å². The van der Waals surface area contributed by atoms with Gasteiger partial charge in [0.15, 0.2) is 0 Å². The minimum Gasteiger partial charge on any atom is -0.317 e. The molecule has 0 aromatic rings. The average molecular weight is 262 g/mol. The first kappa shape index (κ1) is 14.9. The third-order valence-corrected chi connectivity index (χ3v) is 4.44. The SMILES string of the molecule is CCN(CCCS(C)(=O)=O)CC1CCNCC1. The smallest absolute Gasteiger partial charge is 0.147 e. The second kappa shape index (κ2) is 7.34. The molecule has 1 rings (SSSR count). The lowest BCUT2D eigenvalue weighted by atomic mass is 9.97. The molecule has 1 heterocycles. The van der Waals surface area contributed by atoms with Crippen LogP contribution in [-0.4, -0.2) is 58.1 Å². The zero-order valence-electron chi connectivity index (χ0n) is 11.1. The number of rotatable bonds is 7. The van der Waals surface area contributed by atoms with Gasteiger partial charge in [0.05, 0.1) is 5.75 Å². The van der Waals surface area contributed by atoms with Crippen LogP contribution in [0.4, 0.5) is 0 Å². The summed E-state index contributed by atoms with van der Waals surface area (Å²) in [7, 11) is -2.80. The molecule has 0 aromatic heterocycles. The molecular weight excluding hydrogens is 236 g/mol. The average Bonchev–Trinajstić information content (AvgIpc) is 2.27. The quantitative estimate of drug-likeness (QED) is 0.735. The summed E-state index contributed by atoms with van der Waals surface area (Å²) in [6.07, 6.45) is 4.58. The fourth-order valence-corrected chi connectivity index (χ4v) is 3.01. The Morgan fingerprint density at radius 3 is 2.47 bits per heavy atom. The van der Waals surface area contributed by atoms with Crippen molar-refractivity contribution in [2.75, 3.05) is 44.7 Å². The fraction of sp³-hybridized carbons (Fsp3) is 1.00. The van der Waals surface area contributed by atoms with Crippen molar-refractivity contribution in [1.82, 2.24) is 10.2 Å². The summed E-state index contributed by atoms with van der Waals surface area (Å²) in [4.78, 5) is 2.39. The van der Waals surface area contributed by atoms with Crippen molar-refractivity contribution in [3.63, 3.8) is 0 Å². The monoisotopic (exact) mass is 262 g/mol. The highest BCUT2D eigenvalue weighted by Crippen LogP contribution is 2.13. The van der Waals surface area contributed by atoms with Crippen LogP contribution in [0.2, 0.25) is 0 Å². The van der Waals surface area contributed by atoms with Gasteiger partial charge in [-0.3, -0.25) is 0 Å². The van der Waals surface area contributed by atoms with Crippen molar-refractivity contribution < 1.29 is 8.42 Å². The molecule has 1 aliphatic heterocycles. The summed E-state index contributed by atoms with van der Waals surface area (Å²) in [6.45, 7) is 7.47. The Hall–Kier alpha value is -0.130. The Morgan fingerprint density at radius 2 is 1.94 bits per heavy atom. The molecule has 0 aliphatic carbocycles. The van der Waals surface area contributed by atoms with Crippen molar-refractivity contribution in [2.45, 2.75) is 26.2 Å². The first-order valence-corrected chi connectivity index (χ1v) is 8.68. The van der Waals surface area contributed by atoms with Gasteiger partial charge in [0.1, 0.15) is 9.84 Å². The molecule has 1 saturated heterocycles. The summed E-state index contributed by atoms with van der Waals surface area (Å²) < 4.78 is 22.1. The zero-order chi connectivity index (χ0) is 12.7. The molecule has 102 valence electrons. The molecule has 0 aromatic carbocycles. The van der Waals surface area contributed by atoms with E-state index in [-0.39, 0.29) is 0 Å². The molecule has 4 nitrogen and oxygen atoms in total. The van der Waals surface area contributed by atoms with Crippen LogP contribution < -0.4 is 5.32 Å². The highest BCUT2D eigenvalue weighted by molar-refractivity contribution is 7.90. The number of sulfone groups is 1. The topological polar surface area (TPSA) is 49.4 Å². The van der Waals surface area contributed by atoms with Crippen molar-refractivity contribution in [3.05, 3.63) is 0 Å². The molecule has 0 saturated carbocycles. The first-order chi connectivity index (χ1) is 8.01. The maximum absolute atomic E-state index is 11.1. The Bertz CT molecular complexity index is 298. The largest absolute Gasteiger partial charge is 0.317 e. The second-order valence-corrected chi connectivity index (χ2v) is 7.33. The molecule has 1 aliphatic rings. The molecule has 0 bridgehead atoms. The van der Waals surface area contributed by atoms with Crippen LogP contribution in [-0.2, 0) is 9.84 Å². The number of piperidine rings is 1. The molecule has 0 unspecified atom stereocenters. The minimum atomic E-state index is -2.80. The van der Waals surface area contributed by atoms with E-state index in [0.29, 0.717) is 5.75 Å². The van der Waals surface area contributed by atoms with E-state index in [1.807, 2.05) is 0 Å². The molecule has 1 fully saturated rings. The van der Waals surface area contributed by atoms with Crippen LogP contribution in [0.25, 0.3) is 0 Å². The summed E-state index contributed by atoms with van der Waals surface area (Å²) in [5, 5.41) is 3.37. The van der Waals surface area contributed by atoms with Crippen LogP contribution in [0, 0.1) is 5.92 Å². The second-order valence-electron chi connectivity index (χ2n) is 5.07. The van der Waals surface area contributed by atoms with E-state index in [4.69, 9.17) is 0 Å². The van der Waals surface area contributed by atoms with Gasteiger partial charge in [-0.25, -0.2) is 8.42 Å². The first-order valence-electron chi connectivity index (χ1n) is 6.62. The lowest BCUT2D eigenvalue weighted by Crippen LogP contribution is -2.36. The number of nitrogens with zero attached hydrogens (tertiary/aromatic N) is 1. The lowest BCUT2D eigenvalue weighted by molar-refractivity contribution is 0.214. The van der Waals surface area contributed by atoms with Crippen molar-refractivity contribution >= 4 is 9.84 Å². The van der Waals surface area contributed by atoms with Gasteiger partial charge in [-0.2, -0.15) is 0 Å². The van der Waals surface area contributed by atoms with E-state index in [0.717, 1.165) is 45.1 Å².